The maximum Gasteiger partial charge on any atom is 0.170 e. The maximum atomic E-state index is 5.43. The van der Waals surface area contributed by atoms with Crippen LogP contribution in [0.3, 0.4) is 0 Å². The van der Waals surface area contributed by atoms with Gasteiger partial charge in [-0.3, -0.25) is 0 Å². The number of nitrogens with one attached hydrogen (secondary N) is 2. The lowest BCUT2D eigenvalue weighted by Gasteiger charge is -2.26. The van der Waals surface area contributed by atoms with E-state index < -0.39 is 0 Å². The van der Waals surface area contributed by atoms with E-state index in [1.807, 2.05) is 12.1 Å². The van der Waals surface area contributed by atoms with Gasteiger partial charge in [-0.25, -0.2) is 0 Å². The van der Waals surface area contributed by atoms with Gasteiger partial charge in [-0.05, 0) is 68.5 Å². The van der Waals surface area contributed by atoms with Crippen molar-refractivity contribution in [3.05, 3.63) is 65.2 Å². The van der Waals surface area contributed by atoms with Crippen molar-refractivity contribution in [1.82, 2.24) is 10.2 Å². The number of hydrogen-bond donors (Lipinski definition) is 2. The second-order valence-electron chi connectivity index (χ2n) is 6.28. The maximum absolute atomic E-state index is 5.43. The van der Waals surface area contributed by atoms with Crippen LogP contribution in [-0.2, 0) is 6.42 Å². The van der Waals surface area contributed by atoms with Crippen molar-refractivity contribution in [1.29, 1.82) is 0 Å². The molecule has 0 amide bonds. The van der Waals surface area contributed by atoms with E-state index in [-0.39, 0.29) is 6.04 Å². The molecule has 0 radical (unpaired) electrons. The van der Waals surface area contributed by atoms with Crippen LogP contribution in [0, 0.1) is 6.92 Å². The van der Waals surface area contributed by atoms with Crippen LogP contribution in [0.25, 0.3) is 0 Å². The van der Waals surface area contributed by atoms with Crippen molar-refractivity contribution >= 4 is 23.0 Å². The zero-order valence-electron chi connectivity index (χ0n) is 15.0. The minimum Gasteiger partial charge on any atom is -0.361 e. The molecule has 0 saturated heterocycles. The quantitative estimate of drug-likeness (QED) is 0.772. The Kier molecular flexibility index (Phi) is 6.76. The molecule has 0 unspecified atom stereocenters. The van der Waals surface area contributed by atoms with E-state index >= 15 is 0 Å². The molecule has 4 heteroatoms. The summed E-state index contributed by atoms with van der Waals surface area (Å²) in [5.41, 5.74) is 4.88. The summed E-state index contributed by atoms with van der Waals surface area (Å²) in [6, 6.07) is 17.3. The average Bonchev–Trinajstić information content (AvgIpc) is 2.55. The Bertz CT molecular complexity index is 665. The summed E-state index contributed by atoms with van der Waals surface area (Å²) in [4.78, 5) is 2.21. The van der Waals surface area contributed by atoms with Crippen molar-refractivity contribution in [3.63, 3.8) is 0 Å². The molecular weight excluding hydrogens is 314 g/mol. The average molecular weight is 342 g/mol. The standard InChI is InChI=1S/C20H27N3S/c1-5-16-9-11-17(12-10-16)19(23(3)4)14-21-20(24)22-18-8-6-7-15(2)13-18/h6-13,19H,5,14H2,1-4H3,(H2,21,22,24)/t19-/m1/s1. The minimum atomic E-state index is 0.271. The summed E-state index contributed by atoms with van der Waals surface area (Å²) in [6.07, 6.45) is 1.07. The third kappa shape index (κ3) is 5.32. The Balaban J connectivity index is 1.96. The molecule has 2 N–H and O–H groups in total. The van der Waals surface area contributed by atoms with Crippen LogP contribution in [-0.4, -0.2) is 30.7 Å². The summed E-state index contributed by atoms with van der Waals surface area (Å²) in [7, 11) is 4.19. The van der Waals surface area contributed by atoms with Gasteiger partial charge in [0.05, 0.1) is 6.04 Å². The third-order valence-corrected chi connectivity index (χ3v) is 4.37. The van der Waals surface area contributed by atoms with Crippen LogP contribution >= 0.6 is 12.2 Å². The molecule has 0 aliphatic carbocycles. The molecule has 0 bridgehead atoms. The molecule has 1 atom stereocenters. The highest BCUT2D eigenvalue weighted by Gasteiger charge is 2.14. The normalized spacial score (nSPS) is 12.0. The number of anilines is 1. The van der Waals surface area contributed by atoms with Crippen LogP contribution in [0.5, 0.6) is 0 Å². The summed E-state index contributed by atoms with van der Waals surface area (Å²) in [6.45, 7) is 5.01. The fraction of sp³-hybridized carbons (Fsp3) is 0.350. The molecule has 128 valence electrons. The third-order valence-electron chi connectivity index (χ3n) is 4.13. The van der Waals surface area contributed by atoms with Gasteiger partial charge in [0.1, 0.15) is 0 Å². The van der Waals surface area contributed by atoms with Gasteiger partial charge in [-0.1, -0.05) is 43.3 Å². The first-order valence-electron chi connectivity index (χ1n) is 8.36. The number of hydrogen-bond acceptors (Lipinski definition) is 2. The number of likely N-dealkylation sites (N-methyl/N-ethyl adjacent to an activating group) is 1. The lowest BCUT2D eigenvalue weighted by Crippen LogP contribution is -2.36. The van der Waals surface area contributed by atoms with Gasteiger partial charge in [0.25, 0.3) is 0 Å². The van der Waals surface area contributed by atoms with Crippen molar-refractivity contribution < 1.29 is 0 Å². The van der Waals surface area contributed by atoms with E-state index in [9.17, 15) is 0 Å². The van der Waals surface area contributed by atoms with Gasteiger partial charge in [-0.15, -0.1) is 0 Å². The largest absolute Gasteiger partial charge is 0.361 e. The van der Waals surface area contributed by atoms with Gasteiger partial charge in [-0.2, -0.15) is 0 Å². The van der Waals surface area contributed by atoms with Crippen molar-refractivity contribution in [2.24, 2.45) is 0 Å². The van der Waals surface area contributed by atoms with Crippen molar-refractivity contribution in [2.75, 3.05) is 26.0 Å². The zero-order valence-corrected chi connectivity index (χ0v) is 15.8. The molecular formula is C20H27N3S. The second kappa shape index (κ2) is 8.81. The summed E-state index contributed by atoms with van der Waals surface area (Å²) >= 11 is 5.43. The number of aryl methyl sites for hydroxylation is 2. The lowest BCUT2D eigenvalue weighted by molar-refractivity contribution is 0.299. The molecule has 24 heavy (non-hydrogen) atoms. The summed E-state index contributed by atoms with van der Waals surface area (Å²) in [5, 5.41) is 7.24. The Morgan fingerprint density at radius 2 is 1.83 bits per heavy atom. The first kappa shape index (κ1) is 18.4. The molecule has 0 aliphatic rings. The molecule has 2 aromatic carbocycles. The molecule has 0 aliphatic heterocycles. The van der Waals surface area contributed by atoms with Crippen LogP contribution in [0.15, 0.2) is 48.5 Å². The number of nitrogens with zero attached hydrogens (tertiary/aromatic N) is 1. The van der Waals surface area contributed by atoms with E-state index in [0.717, 1.165) is 18.7 Å². The van der Waals surface area contributed by atoms with Crippen molar-refractivity contribution in [3.8, 4) is 0 Å². The monoisotopic (exact) mass is 341 g/mol. The molecule has 0 aromatic heterocycles. The number of thiocarbonyl (C=S) groups is 1. The number of benzene rings is 2. The van der Waals surface area contributed by atoms with E-state index in [1.165, 1.54) is 16.7 Å². The SMILES string of the molecule is CCc1ccc([C@@H](CNC(=S)Nc2cccc(C)c2)N(C)C)cc1. The van der Waals surface area contributed by atoms with Gasteiger partial charge >= 0.3 is 0 Å². The molecule has 2 rings (SSSR count). The summed E-state index contributed by atoms with van der Waals surface area (Å²) < 4.78 is 0. The predicted molar refractivity (Wildman–Crippen MR) is 108 cm³/mol. The smallest absolute Gasteiger partial charge is 0.170 e. The Morgan fingerprint density at radius 1 is 1.12 bits per heavy atom. The molecule has 0 saturated carbocycles. The molecule has 0 fully saturated rings. The molecule has 0 heterocycles. The highest BCUT2D eigenvalue weighted by molar-refractivity contribution is 7.80. The Hall–Kier alpha value is -1.91. The van der Waals surface area contributed by atoms with E-state index in [4.69, 9.17) is 12.2 Å². The topological polar surface area (TPSA) is 27.3 Å². The van der Waals surface area contributed by atoms with Gasteiger partial charge in [0, 0.05) is 12.2 Å². The minimum absolute atomic E-state index is 0.271. The number of rotatable bonds is 6. The second-order valence-corrected chi connectivity index (χ2v) is 6.69. The van der Waals surface area contributed by atoms with E-state index in [0.29, 0.717) is 5.11 Å². The highest BCUT2D eigenvalue weighted by atomic mass is 32.1. The van der Waals surface area contributed by atoms with Gasteiger partial charge in [0.15, 0.2) is 5.11 Å². The molecule has 2 aromatic rings. The van der Waals surface area contributed by atoms with Crippen molar-refractivity contribution in [2.45, 2.75) is 26.3 Å². The van der Waals surface area contributed by atoms with E-state index in [2.05, 4.69) is 79.9 Å². The van der Waals surface area contributed by atoms with Gasteiger partial charge < -0.3 is 15.5 Å². The van der Waals surface area contributed by atoms with E-state index in [1.54, 1.807) is 0 Å². The molecule has 0 spiro atoms. The van der Waals surface area contributed by atoms with Crippen LogP contribution in [0.2, 0.25) is 0 Å². The predicted octanol–water partition coefficient (Wildman–Crippen LogP) is 4.15. The molecule has 3 nitrogen and oxygen atoms in total. The van der Waals surface area contributed by atoms with Gasteiger partial charge in [0.2, 0.25) is 0 Å². The first-order valence-corrected chi connectivity index (χ1v) is 8.77. The van der Waals surface area contributed by atoms with Crippen LogP contribution < -0.4 is 10.6 Å². The van der Waals surface area contributed by atoms with Crippen LogP contribution in [0.4, 0.5) is 5.69 Å². The zero-order chi connectivity index (χ0) is 17.5. The fourth-order valence-corrected chi connectivity index (χ4v) is 2.86. The lowest BCUT2D eigenvalue weighted by atomic mass is 10.0. The fourth-order valence-electron chi connectivity index (χ4n) is 2.66. The Morgan fingerprint density at radius 3 is 2.42 bits per heavy atom. The highest BCUT2D eigenvalue weighted by Crippen LogP contribution is 2.18. The first-order chi connectivity index (χ1) is 11.5. The summed E-state index contributed by atoms with van der Waals surface area (Å²) in [5.74, 6) is 0. The van der Waals surface area contributed by atoms with Crippen LogP contribution in [0.1, 0.15) is 29.7 Å². The Labute approximate surface area is 151 Å².